The van der Waals surface area contributed by atoms with Crippen molar-refractivity contribution in [1.82, 2.24) is 24.6 Å². The molecule has 6 rings (SSSR count). The van der Waals surface area contributed by atoms with Gasteiger partial charge in [-0.25, -0.2) is 9.67 Å². The maximum Gasteiger partial charge on any atom is 0.258 e. The fourth-order valence-corrected chi connectivity index (χ4v) is 5.01. The third-order valence-corrected chi connectivity index (χ3v) is 6.90. The molecule has 0 aliphatic carbocycles. The number of nitrogens with zero attached hydrogens (tertiary/aromatic N) is 4. The molecule has 178 valence electrons. The van der Waals surface area contributed by atoms with E-state index in [4.69, 9.17) is 5.10 Å². The van der Waals surface area contributed by atoms with Gasteiger partial charge in [0.1, 0.15) is 11.3 Å². The number of aromatic amines is 1. The van der Waals surface area contributed by atoms with Crippen molar-refractivity contribution in [3.63, 3.8) is 0 Å². The lowest BCUT2D eigenvalue weighted by Crippen LogP contribution is -2.34. The second-order valence-electron chi connectivity index (χ2n) is 9.32. The second-order valence-corrected chi connectivity index (χ2v) is 9.32. The number of benzene rings is 2. The first-order valence-electron chi connectivity index (χ1n) is 12.2. The zero-order chi connectivity index (χ0) is 24.6. The molecule has 0 saturated carbocycles. The summed E-state index contributed by atoms with van der Waals surface area (Å²) in [7, 11) is 0. The molecular weight excluding hydrogens is 446 g/mol. The monoisotopic (exact) mass is 473 g/mol. The Bertz CT molecular complexity index is 1610. The smallest absolute Gasteiger partial charge is 0.258 e. The van der Waals surface area contributed by atoms with E-state index in [1.807, 2.05) is 58.4 Å². The third-order valence-electron chi connectivity index (χ3n) is 6.90. The van der Waals surface area contributed by atoms with Gasteiger partial charge in [-0.3, -0.25) is 4.79 Å². The topological polar surface area (TPSA) is 66.8 Å². The molecule has 6 nitrogen and oxygen atoms in total. The van der Waals surface area contributed by atoms with Crippen LogP contribution in [0.15, 0.2) is 85.3 Å². The largest absolute Gasteiger partial charge is 0.346 e. The summed E-state index contributed by atoms with van der Waals surface area (Å²) in [5.41, 5.74) is 8.85. The van der Waals surface area contributed by atoms with Gasteiger partial charge in [-0.15, -0.1) is 0 Å². The highest BCUT2D eigenvalue weighted by Crippen LogP contribution is 2.31. The quantitative estimate of drug-likeness (QED) is 0.350. The minimum absolute atomic E-state index is 0.00282. The van der Waals surface area contributed by atoms with Crippen LogP contribution in [0, 0.1) is 13.8 Å². The molecule has 5 aromatic rings. The van der Waals surface area contributed by atoms with Gasteiger partial charge >= 0.3 is 0 Å². The summed E-state index contributed by atoms with van der Waals surface area (Å²) in [5.74, 6) is 0.00282. The number of H-pyrrole nitrogens is 1. The van der Waals surface area contributed by atoms with Crippen LogP contribution in [0.25, 0.3) is 33.6 Å². The number of pyridine rings is 1. The van der Waals surface area contributed by atoms with Crippen molar-refractivity contribution in [3.8, 4) is 16.9 Å². The van der Waals surface area contributed by atoms with E-state index in [1.54, 1.807) is 6.20 Å². The van der Waals surface area contributed by atoms with Gasteiger partial charge in [-0.1, -0.05) is 48.0 Å². The second kappa shape index (κ2) is 8.96. The van der Waals surface area contributed by atoms with Crippen molar-refractivity contribution < 1.29 is 4.79 Å². The van der Waals surface area contributed by atoms with Crippen molar-refractivity contribution in [1.29, 1.82) is 0 Å². The first-order chi connectivity index (χ1) is 17.6. The van der Waals surface area contributed by atoms with Crippen LogP contribution in [0.2, 0.25) is 0 Å². The average molecular weight is 474 g/mol. The van der Waals surface area contributed by atoms with E-state index in [0.29, 0.717) is 18.7 Å². The van der Waals surface area contributed by atoms with E-state index in [9.17, 15) is 4.79 Å². The van der Waals surface area contributed by atoms with Crippen LogP contribution < -0.4 is 0 Å². The Morgan fingerprint density at radius 1 is 1.00 bits per heavy atom. The number of aryl methyl sites for hydroxylation is 2. The Hall–Kier alpha value is -4.45. The molecule has 0 radical (unpaired) electrons. The fourth-order valence-electron chi connectivity index (χ4n) is 5.01. The van der Waals surface area contributed by atoms with E-state index in [0.717, 1.165) is 45.5 Å². The Labute approximate surface area is 209 Å². The van der Waals surface area contributed by atoms with E-state index in [2.05, 4.69) is 54.2 Å². The Balaban J connectivity index is 1.35. The molecule has 0 saturated heterocycles. The van der Waals surface area contributed by atoms with Crippen LogP contribution in [0.4, 0.5) is 0 Å². The van der Waals surface area contributed by atoms with E-state index in [-0.39, 0.29) is 5.91 Å². The predicted octanol–water partition coefficient (Wildman–Crippen LogP) is 5.96. The molecule has 3 aromatic heterocycles. The van der Waals surface area contributed by atoms with Gasteiger partial charge in [0.2, 0.25) is 0 Å². The van der Waals surface area contributed by atoms with Gasteiger partial charge < -0.3 is 9.88 Å². The van der Waals surface area contributed by atoms with Gasteiger partial charge in [-0.05, 0) is 55.7 Å². The molecule has 0 fully saturated rings. The normalized spacial score (nSPS) is 13.7. The Kier molecular flexibility index (Phi) is 5.49. The fraction of sp³-hybridized carbons (Fsp3) is 0.167. The van der Waals surface area contributed by atoms with Crippen molar-refractivity contribution in [3.05, 3.63) is 108 Å². The number of hydrogen-bond acceptors (Lipinski definition) is 3. The van der Waals surface area contributed by atoms with Gasteiger partial charge in [-0.2, -0.15) is 5.10 Å². The lowest BCUT2D eigenvalue weighted by molar-refractivity contribution is 0.0773. The van der Waals surface area contributed by atoms with Crippen LogP contribution in [0.5, 0.6) is 0 Å². The number of nitrogens with one attached hydrogen (secondary N) is 1. The molecule has 0 unspecified atom stereocenters. The molecule has 36 heavy (non-hydrogen) atoms. The number of carbonyl (C=O) groups excluding carboxylic acids is 1. The van der Waals surface area contributed by atoms with Gasteiger partial charge in [0, 0.05) is 48.2 Å². The van der Waals surface area contributed by atoms with Crippen LogP contribution >= 0.6 is 0 Å². The highest BCUT2D eigenvalue weighted by Gasteiger charge is 2.26. The van der Waals surface area contributed by atoms with Gasteiger partial charge in [0.15, 0.2) is 0 Å². The SMILES string of the molecule is Cc1ccc(-c2nn(-c3ccccc3)cc2C(=O)N2CC=C(c3c[nH]c4ncccc34)CC2)c(C)c1. The molecule has 6 heteroatoms. The van der Waals surface area contributed by atoms with Crippen LogP contribution in [0.1, 0.15) is 33.5 Å². The Morgan fingerprint density at radius 3 is 2.64 bits per heavy atom. The van der Waals surface area contributed by atoms with Crippen LogP contribution in [-0.2, 0) is 0 Å². The van der Waals surface area contributed by atoms with Gasteiger partial charge in [0.25, 0.3) is 5.91 Å². The number of aromatic nitrogens is 4. The molecular formula is C30H27N5O. The number of fused-ring (bicyclic) bond motifs is 1. The van der Waals surface area contributed by atoms with E-state index >= 15 is 0 Å². The number of para-hydroxylation sites is 1. The minimum atomic E-state index is 0.00282. The lowest BCUT2D eigenvalue weighted by Gasteiger charge is -2.26. The lowest BCUT2D eigenvalue weighted by atomic mass is 9.98. The maximum atomic E-state index is 13.8. The average Bonchev–Trinajstić information content (AvgIpc) is 3.54. The summed E-state index contributed by atoms with van der Waals surface area (Å²) < 4.78 is 1.81. The highest BCUT2D eigenvalue weighted by atomic mass is 16.2. The van der Waals surface area contributed by atoms with Crippen LogP contribution in [0.3, 0.4) is 0 Å². The molecule has 0 spiro atoms. The van der Waals surface area contributed by atoms with Crippen molar-refractivity contribution in [2.45, 2.75) is 20.3 Å². The Morgan fingerprint density at radius 2 is 1.86 bits per heavy atom. The molecule has 2 aromatic carbocycles. The summed E-state index contributed by atoms with van der Waals surface area (Å²) in [4.78, 5) is 23.4. The molecule has 1 aliphatic rings. The molecule has 1 amide bonds. The summed E-state index contributed by atoms with van der Waals surface area (Å²) >= 11 is 0. The van der Waals surface area contributed by atoms with Gasteiger partial charge in [0.05, 0.1) is 11.3 Å². The third kappa shape index (κ3) is 3.90. The van der Waals surface area contributed by atoms with Crippen molar-refractivity contribution in [2.75, 3.05) is 13.1 Å². The zero-order valence-corrected chi connectivity index (χ0v) is 20.4. The summed E-state index contributed by atoms with van der Waals surface area (Å²) in [6.45, 7) is 5.36. The predicted molar refractivity (Wildman–Crippen MR) is 143 cm³/mol. The maximum absolute atomic E-state index is 13.8. The molecule has 0 bridgehead atoms. The standard InChI is InChI=1S/C30H27N5O/c1-20-10-11-24(21(2)17-20)28-27(19-35(33-28)23-7-4-3-5-8-23)30(36)34-15-12-22(13-16-34)26-18-32-29-25(26)9-6-14-31-29/h3-12,14,17-19H,13,15-16H2,1-2H3,(H,31,32). The number of hydrogen-bond donors (Lipinski definition) is 1. The number of carbonyl (C=O) groups is 1. The van der Waals surface area contributed by atoms with E-state index in [1.165, 1.54) is 11.1 Å². The number of amides is 1. The first-order valence-corrected chi connectivity index (χ1v) is 12.2. The van der Waals surface area contributed by atoms with E-state index < -0.39 is 0 Å². The molecule has 4 heterocycles. The summed E-state index contributed by atoms with van der Waals surface area (Å²) in [5, 5.41) is 6.01. The summed E-state index contributed by atoms with van der Waals surface area (Å²) in [6, 6.07) is 20.3. The minimum Gasteiger partial charge on any atom is -0.346 e. The van der Waals surface area contributed by atoms with Crippen molar-refractivity contribution in [2.24, 2.45) is 0 Å². The molecule has 0 atom stereocenters. The molecule has 1 aliphatic heterocycles. The molecule has 1 N–H and O–H groups in total. The zero-order valence-electron chi connectivity index (χ0n) is 20.4. The number of rotatable bonds is 4. The highest BCUT2D eigenvalue weighted by molar-refractivity contribution is 6.01. The van der Waals surface area contributed by atoms with Crippen molar-refractivity contribution >= 4 is 22.5 Å². The van der Waals surface area contributed by atoms with Crippen LogP contribution in [-0.4, -0.2) is 43.6 Å². The first kappa shape index (κ1) is 22.0. The summed E-state index contributed by atoms with van der Waals surface area (Å²) in [6.07, 6.45) is 8.63.